The summed E-state index contributed by atoms with van der Waals surface area (Å²) in [6, 6.07) is 0. The Morgan fingerprint density at radius 3 is 2.54 bits per heavy atom. The minimum atomic E-state index is -0.685. The molecule has 4 heteroatoms. The van der Waals surface area contributed by atoms with Crippen LogP contribution in [0.5, 0.6) is 0 Å². The number of carbonyl (C=O) groups is 1. The van der Waals surface area contributed by atoms with Gasteiger partial charge < -0.3 is 15.3 Å². The topological polar surface area (TPSA) is 77.8 Å². The van der Waals surface area contributed by atoms with E-state index >= 15 is 0 Å². The number of rotatable bonds is 3. The highest BCUT2D eigenvalue weighted by Gasteiger charge is 2.58. The lowest BCUT2D eigenvalue weighted by atomic mass is 9.49. The van der Waals surface area contributed by atoms with Crippen LogP contribution in [-0.2, 0) is 4.79 Å². The minimum absolute atomic E-state index is 0.0120. The molecule has 0 radical (unpaired) electrons. The molecule has 0 heterocycles. The molecule has 0 amide bonds. The van der Waals surface area contributed by atoms with Crippen LogP contribution in [0.2, 0.25) is 0 Å². The third-order valence-corrected chi connectivity index (χ3v) is 8.08. The molecule has 0 unspecified atom stereocenters. The fourth-order valence-corrected chi connectivity index (χ4v) is 6.30. The van der Waals surface area contributed by atoms with Gasteiger partial charge in [-0.05, 0) is 73.5 Å². The van der Waals surface area contributed by atoms with Crippen molar-refractivity contribution in [2.45, 2.75) is 64.9 Å². The van der Waals surface area contributed by atoms with Crippen molar-refractivity contribution in [1.82, 2.24) is 0 Å². The number of carboxylic acid groups (broad SMARTS) is 1. The zero-order chi connectivity index (χ0) is 17.7. The first kappa shape index (κ1) is 17.9. The van der Waals surface area contributed by atoms with Crippen LogP contribution < -0.4 is 0 Å². The van der Waals surface area contributed by atoms with E-state index in [1.165, 1.54) is 5.57 Å². The van der Waals surface area contributed by atoms with Gasteiger partial charge in [0.15, 0.2) is 0 Å². The lowest BCUT2D eigenvalue weighted by molar-refractivity contribution is -0.160. The number of hydrogen-bond acceptors (Lipinski definition) is 3. The molecule has 0 bridgehead atoms. The molecule has 0 aromatic heterocycles. The first-order chi connectivity index (χ1) is 11.2. The SMILES string of the molecule is C=C1CC[C@H]2[C@H](C(=O)O)[C@@H]([C@@]3(C)CC[C@H](O)C[C@H]3CO)CC[C@]12C. The van der Waals surface area contributed by atoms with Gasteiger partial charge in [-0.3, -0.25) is 4.79 Å². The molecule has 0 aromatic carbocycles. The molecule has 136 valence electrons. The smallest absolute Gasteiger partial charge is 0.307 e. The Bertz CT molecular complexity index is 530. The van der Waals surface area contributed by atoms with Crippen molar-refractivity contribution < 1.29 is 20.1 Å². The lowest BCUT2D eigenvalue weighted by Crippen LogP contribution is -2.53. The Labute approximate surface area is 145 Å². The summed E-state index contributed by atoms with van der Waals surface area (Å²) < 4.78 is 0. The molecular weight excluding hydrogens is 304 g/mol. The Balaban J connectivity index is 1.95. The molecule has 3 fully saturated rings. The van der Waals surface area contributed by atoms with Crippen molar-refractivity contribution in [2.24, 2.45) is 34.5 Å². The molecule has 4 nitrogen and oxygen atoms in total. The van der Waals surface area contributed by atoms with E-state index in [4.69, 9.17) is 0 Å². The van der Waals surface area contributed by atoms with Gasteiger partial charge in [0.1, 0.15) is 0 Å². The molecule has 24 heavy (non-hydrogen) atoms. The standard InChI is InChI=1S/C20H32O4/c1-12-4-5-15-17(18(23)24)16(7-9-19(12,15)2)20(3)8-6-14(22)10-13(20)11-21/h13-17,21-22H,1,4-11H2,2-3H3,(H,23,24)/t13-,14-,15-,16-,17-,19+,20-/m0/s1. The molecule has 3 aliphatic rings. The average molecular weight is 336 g/mol. The maximum Gasteiger partial charge on any atom is 0.307 e. The van der Waals surface area contributed by atoms with E-state index in [-0.39, 0.29) is 47.2 Å². The van der Waals surface area contributed by atoms with Crippen molar-refractivity contribution in [3.8, 4) is 0 Å². The first-order valence-electron chi connectivity index (χ1n) is 9.44. The van der Waals surface area contributed by atoms with Crippen molar-refractivity contribution in [3.05, 3.63) is 12.2 Å². The van der Waals surface area contributed by atoms with Crippen molar-refractivity contribution >= 4 is 5.97 Å². The minimum Gasteiger partial charge on any atom is -0.481 e. The fraction of sp³-hybridized carbons (Fsp3) is 0.850. The maximum atomic E-state index is 12.3. The zero-order valence-corrected chi connectivity index (χ0v) is 15.0. The van der Waals surface area contributed by atoms with Crippen LogP contribution in [-0.4, -0.2) is 34.0 Å². The second kappa shape index (κ2) is 6.14. The van der Waals surface area contributed by atoms with Crippen LogP contribution >= 0.6 is 0 Å². The summed E-state index contributed by atoms with van der Waals surface area (Å²) in [7, 11) is 0. The van der Waals surface area contributed by atoms with Gasteiger partial charge in [-0.25, -0.2) is 0 Å². The molecule has 0 aromatic rings. The molecular formula is C20H32O4. The number of aliphatic hydroxyl groups excluding tert-OH is 2. The summed E-state index contributed by atoms with van der Waals surface area (Å²) in [6.45, 7) is 8.63. The summed E-state index contributed by atoms with van der Waals surface area (Å²) in [5.41, 5.74) is 0.973. The van der Waals surface area contributed by atoms with Crippen LogP contribution in [0.15, 0.2) is 12.2 Å². The molecule has 3 aliphatic carbocycles. The van der Waals surface area contributed by atoms with E-state index in [9.17, 15) is 20.1 Å². The Kier molecular flexibility index (Phi) is 4.59. The third-order valence-electron chi connectivity index (χ3n) is 8.08. The van der Waals surface area contributed by atoms with E-state index in [1.54, 1.807) is 0 Å². The molecule has 0 saturated heterocycles. The molecule has 3 rings (SSSR count). The quantitative estimate of drug-likeness (QED) is 0.692. The van der Waals surface area contributed by atoms with E-state index < -0.39 is 5.97 Å². The molecule has 0 aliphatic heterocycles. The highest BCUT2D eigenvalue weighted by Crippen LogP contribution is 2.63. The average Bonchev–Trinajstić information content (AvgIpc) is 2.84. The summed E-state index contributed by atoms with van der Waals surface area (Å²) in [5, 5.41) is 30.0. The predicted octanol–water partition coefficient (Wildman–Crippen LogP) is 3.23. The number of aliphatic hydroxyl groups is 2. The second-order valence-corrected chi connectivity index (χ2v) is 8.99. The highest BCUT2D eigenvalue weighted by molar-refractivity contribution is 5.71. The summed E-state index contributed by atoms with van der Waals surface area (Å²) in [4.78, 5) is 12.3. The largest absolute Gasteiger partial charge is 0.481 e. The van der Waals surface area contributed by atoms with Gasteiger partial charge in [-0.2, -0.15) is 0 Å². The molecule has 3 saturated carbocycles. The van der Waals surface area contributed by atoms with Gasteiger partial charge >= 0.3 is 5.97 Å². The maximum absolute atomic E-state index is 12.3. The van der Waals surface area contributed by atoms with E-state index in [0.29, 0.717) is 12.8 Å². The van der Waals surface area contributed by atoms with Crippen LogP contribution in [0, 0.1) is 34.5 Å². The van der Waals surface area contributed by atoms with Crippen molar-refractivity contribution in [2.75, 3.05) is 6.61 Å². The van der Waals surface area contributed by atoms with Crippen LogP contribution in [0.1, 0.15) is 58.8 Å². The van der Waals surface area contributed by atoms with E-state index in [1.807, 2.05) is 0 Å². The van der Waals surface area contributed by atoms with Gasteiger partial charge in [-0.15, -0.1) is 0 Å². The van der Waals surface area contributed by atoms with Crippen LogP contribution in [0.3, 0.4) is 0 Å². The van der Waals surface area contributed by atoms with E-state index in [0.717, 1.165) is 32.1 Å². The second-order valence-electron chi connectivity index (χ2n) is 8.99. The Hall–Kier alpha value is -0.870. The van der Waals surface area contributed by atoms with Crippen LogP contribution in [0.4, 0.5) is 0 Å². The Morgan fingerprint density at radius 1 is 1.21 bits per heavy atom. The normalized spacial score (nSPS) is 49.0. The van der Waals surface area contributed by atoms with Crippen LogP contribution in [0.25, 0.3) is 0 Å². The van der Waals surface area contributed by atoms with Crippen molar-refractivity contribution in [1.29, 1.82) is 0 Å². The fourth-order valence-electron chi connectivity index (χ4n) is 6.30. The van der Waals surface area contributed by atoms with Gasteiger partial charge in [0.25, 0.3) is 0 Å². The third kappa shape index (κ3) is 2.53. The molecule has 0 spiro atoms. The highest BCUT2D eigenvalue weighted by atomic mass is 16.4. The van der Waals surface area contributed by atoms with Crippen molar-refractivity contribution in [3.63, 3.8) is 0 Å². The lowest BCUT2D eigenvalue weighted by Gasteiger charge is -2.55. The number of carboxylic acids is 1. The Morgan fingerprint density at radius 2 is 1.92 bits per heavy atom. The number of aliphatic carboxylic acids is 1. The van der Waals surface area contributed by atoms with Gasteiger partial charge in [0.05, 0.1) is 12.0 Å². The number of allylic oxidation sites excluding steroid dienone is 1. The van der Waals surface area contributed by atoms with Gasteiger partial charge in [-0.1, -0.05) is 26.0 Å². The molecule has 3 N–H and O–H groups in total. The zero-order valence-electron chi connectivity index (χ0n) is 15.0. The predicted molar refractivity (Wildman–Crippen MR) is 92.4 cm³/mol. The number of hydrogen-bond donors (Lipinski definition) is 3. The van der Waals surface area contributed by atoms with Gasteiger partial charge in [0, 0.05) is 6.61 Å². The monoisotopic (exact) mass is 336 g/mol. The summed E-state index contributed by atoms with van der Waals surface area (Å²) >= 11 is 0. The van der Waals surface area contributed by atoms with Gasteiger partial charge in [0.2, 0.25) is 0 Å². The number of fused-ring (bicyclic) bond motifs is 1. The molecule has 7 atom stereocenters. The van der Waals surface area contributed by atoms with E-state index in [2.05, 4.69) is 20.4 Å². The summed E-state index contributed by atoms with van der Waals surface area (Å²) in [6.07, 6.45) is 5.49. The first-order valence-corrected chi connectivity index (χ1v) is 9.44. The summed E-state index contributed by atoms with van der Waals surface area (Å²) in [5.74, 6) is -0.832.